The van der Waals surface area contributed by atoms with Gasteiger partial charge in [0, 0.05) is 4.47 Å². The number of amidine groups is 1. The monoisotopic (exact) mass is 510 g/mol. The van der Waals surface area contributed by atoms with Crippen LogP contribution in [0.25, 0.3) is 6.08 Å². The van der Waals surface area contributed by atoms with Gasteiger partial charge in [-0.2, -0.15) is 0 Å². The summed E-state index contributed by atoms with van der Waals surface area (Å²) in [6, 6.07) is 7.31. The summed E-state index contributed by atoms with van der Waals surface area (Å²) < 4.78 is 6.52. The summed E-state index contributed by atoms with van der Waals surface area (Å²) in [6.45, 7) is 7.90. The van der Waals surface area contributed by atoms with Gasteiger partial charge in [0.15, 0.2) is 10.9 Å². The van der Waals surface area contributed by atoms with Gasteiger partial charge in [0.25, 0.3) is 5.91 Å². The van der Waals surface area contributed by atoms with Crippen LogP contribution in [-0.4, -0.2) is 17.7 Å². The number of carbonyl (C=O) groups is 1. The number of benzene rings is 2. The van der Waals surface area contributed by atoms with Crippen molar-refractivity contribution < 1.29 is 9.53 Å². The molecule has 0 atom stereocenters. The van der Waals surface area contributed by atoms with Crippen LogP contribution in [-0.2, 0) is 4.79 Å². The molecule has 3 rings (SSSR count). The van der Waals surface area contributed by atoms with Gasteiger partial charge in [0.2, 0.25) is 0 Å². The average molecular weight is 512 g/mol. The predicted molar refractivity (Wildman–Crippen MR) is 127 cm³/mol. The normalized spacial score (nSPS) is 16.4. The van der Waals surface area contributed by atoms with Crippen molar-refractivity contribution in [1.29, 1.82) is 0 Å². The maximum Gasteiger partial charge on any atom is 0.264 e. The van der Waals surface area contributed by atoms with Crippen LogP contribution in [0.3, 0.4) is 0 Å². The fourth-order valence-corrected chi connectivity index (χ4v) is 4.36. The first kappa shape index (κ1) is 22.0. The second-order valence-corrected chi connectivity index (χ2v) is 8.93. The molecule has 0 aliphatic carbocycles. The topological polar surface area (TPSA) is 50.7 Å². The molecular weight excluding hydrogens is 495 g/mol. The van der Waals surface area contributed by atoms with E-state index in [9.17, 15) is 4.79 Å². The van der Waals surface area contributed by atoms with E-state index in [1.807, 2.05) is 26.0 Å². The summed E-state index contributed by atoms with van der Waals surface area (Å²) in [4.78, 5) is 17.4. The van der Waals surface area contributed by atoms with Crippen LogP contribution < -0.4 is 10.1 Å². The van der Waals surface area contributed by atoms with Crippen molar-refractivity contribution >= 4 is 73.7 Å². The molecule has 2 aromatic carbocycles. The van der Waals surface area contributed by atoms with E-state index in [1.165, 1.54) is 11.8 Å². The first-order valence-electron chi connectivity index (χ1n) is 8.57. The average Bonchev–Trinajstić information content (AvgIpc) is 2.98. The quantitative estimate of drug-likeness (QED) is 0.353. The molecule has 0 radical (unpaired) electrons. The van der Waals surface area contributed by atoms with Gasteiger partial charge >= 0.3 is 0 Å². The molecule has 1 aliphatic heterocycles. The summed E-state index contributed by atoms with van der Waals surface area (Å²) in [6.07, 6.45) is 3.33. The first-order chi connectivity index (χ1) is 13.8. The number of thioether (sulfide) groups is 1. The lowest BCUT2D eigenvalue weighted by molar-refractivity contribution is -0.115. The van der Waals surface area contributed by atoms with Crippen LogP contribution in [0.2, 0.25) is 10.0 Å². The van der Waals surface area contributed by atoms with E-state index in [0.717, 1.165) is 21.3 Å². The number of nitrogens with one attached hydrogen (secondary N) is 1. The van der Waals surface area contributed by atoms with Gasteiger partial charge in [-0.05, 0) is 72.6 Å². The minimum absolute atomic E-state index is 0.224. The fraction of sp³-hybridized carbons (Fsp3) is 0.143. The second-order valence-electron chi connectivity index (χ2n) is 6.29. The number of aliphatic imine (C=N–C) groups is 1. The highest BCUT2D eigenvalue weighted by molar-refractivity contribution is 9.10. The van der Waals surface area contributed by atoms with Gasteiger partial charge in [0.05, 0.1) is 20.6 Å². The zero-order valence-electron chi connectivity index (χ0n) is 15.7. The Morgan fingerprint density at radius 3 is 2.41 bits per heavy atom. The second kappa shape index (κ2) is 9.39. The van der Waals surface area contributed by atoms with E-state index in [1.54, 1.807) is 24.3 Å². The number of halogens is 3. The zero-order chi connectivity index (χ0) is 21.1. The standard InChI is InChI=1S/C21H17BrCl2N2O2S/c1-4-5-28-19-15(23)8-13(9-16(19)24)10-17-20(27)26-21(29-17)25-14-6-11(2)18(22)12(3)7-14/h4,6-10H,1,5H2,2-3H3,(H,25,26,27)/b17-10-. The number of rotatable bonds is 5. The van der Waals surface area contributed by atoms with Crippen molar-refractivity contribution in [2.45, 2.75) is 13.8 Å². The highest BCUT2D eigenvalue weighted by Crippen LogP contribution is 2.36. The minimum atomic E-state index is -0.224. The molecule has 1 fully saturated rings. The Kier molecular flexibility index (Phi) is 7.11. The lowest BCUT2D eigenvalue weighted by atomic mass is 10.1. The number of carbonyl (C=O) groups excluding carboxylic acids is 1. The molecule has 1 heterocycles. The lowest BCUT2D eigenvalue weighted by Crippen LogP contribution is -2.19. The number of nitrogens with zero attached hydrogens (tertiary/aromatic N) is 1. The largest absolute Gasteiger partial charge is 0.486 e. The number of aryl methyl sites for hydroxylation is 2. The number of hydrogen-bond donors (Lipinski definition) is 1. The molecule has 0 aromatic heterocycles. The first-order valence-corrected chi connectivity index (χ1v) is 10.9. The van der Waals surface area contributed by atoms with Crippen molar-refractivity contribution in [3.8, 4) is 5.75 Å². The molecule has 0 saturated carbocycles. The Labute approximate surface area is 192 Å². The Bertz CT molecular complexity index is 1020. The van der Waals surface area contributed by atoms with Crippen molar-refractivity contribution in [2.75, 3.05) is 6.61 Å². The van der Waals surface area contributed by atoms with E-state index in [0.29, 0.717) is 38.0 Å². The van der Waals surface area contributed by atoms with Crippen molar-refractivity contribution in [1.82, 2.24) is 5.32 Å². The SMILES string of the molecule is C=CCOc1c(Cl)cc(/C=C2\SC(=Nc3cc(C)c(Br)c(C)c3)NC2=O)cc1Cl. The maximum atomic E-state index is 12.4. The molecule has 1 N–H and O–H groups in total. The van der Waals surface area contributed by atoms with Crippen molar-refractivity contribution in [3.63, 3.8) is 0 Å². The lowest BCUT2D eigenvalue weighted by Gasteiger charge is -2.09. The smallest absolute Gasteiger partial charge is 0.264 e. The summed E-state index contributed by atoms with van der Waals surface area (Å²) in [5.41, 5.74) is 3.64. The van der Waals surface area contributed by atoms with E-state index < -0.39 is 0 Å². The molecule has 8 heteroatoms. The van der Waals surface area contributed by atoms with Crippen LogP contribution >= 0.6 is 50.9 Å². The van der Waals surface area contributed by atoms with E-state index in [2.05, 4.69) is 32.8 Å². The van der Waals surface area contributed by atoms with Crippen molar-refractivity contribution in [3.05, 3.63) is 73.0 Å². The van der Waals surface area contributed by atoms with E-state index >= 15 is 0 Å². The number of amides is 1. The van der Waals surface area contributed by atoms with Crippen molar-refractivity contribution in [2.24, 2.45) is 4.99 Å². The van der Waals surface area contributed by atoms with Gasteiger partial charge in [-0.3, -0.25) is 4.79 Å². The Morgan fingerprint density at radius 1 is 1.21 bits per heavy atom. The molecule has 4 nitrogen and oxygen atoms in total. The summed E-state index contributed by atoms with van der Waals surface area (Å²) in [7, 11) is 0. The number of ether oxygens (including phenoxy) is 1. The Hall–Kier alpha value is -1.73. The minimum Gasteiger partial charge on any atom is -0.486 e. The molecular formula is C21H17BrCl2N2O2S. The van der Waals surface area contributed by atoms with Crippen LogP contribution in [0.4, 0.5) is 5.69 Å². The molecule has 1 aliphatic rings. The third-order valence-corrected chi connectivity index (χ3v) is 6.69. The molecule has 1 saturated heterocycles. The van der Waals surface area contributed by atoms with Gasteiger partial charge in [-0.1, -0.05) is 51.8 Å². The summed E-state index contributed by atoms with van der Waals surface area (Å²) >= 11 is 17.3. The third-order valence-electron chi connectivity index (χ3n) is 3.97. The Morgan fingerprint density at radius 2 is 1.83 bits per heavy atom. The Balaban J connectivity index is 1.85. The van der Waals surface area contributed by atoms with Crippen LogP contribution in [0.15, 0.2) is 51.3 Å². The molecule has 2 aromatic rings. The summed E-state index contributed by atoms with van der Waals surface area (Å²) in [5.74, 6) is 0.167. The molecule has 150 valence electrons. The fourth-order valence-electron chi connectivity index (χ4n) is 2.68. The van der Waals surface area contributed by atoms with Crippen LogP contribution in [0.5, 0.6) is 5.75 Å². The van der Waals surface area contributed by atoms with Crippen LogP contribution in [0.1, 0.15) is 16.7 Å². The molecule has 29 heavy (non-hydrogen) atoms. The third kappa shape index (κ3) is 5.25. The number of hydrogen-bond acceptors (Lipinski definition) is 4. The summed E-state index contributed by atoms with van der Waals surface area (Å²) in [5, 5.41) is 4.04. The highest BCUT2D eigenvalue weighted by Gasteiger charge is 2.24. The molecule has 0 spiro atoms. The highest BCUT2D eigenvalue weighted by atomic mass is 79.9. The van der Waals surface area contributed by atoms with Crippen LogP contribution in [0, 0.1) is 13.8 Å². The van der Waals surface area contributed by atoms with E-state index in [4.69, 9.17) is 27.9 Å². The molecule has 1 amide bonds. The zero-order valence-corrected chi connectivity index (χ0v) is 19.6. The van der Waals surface area contributed by atoms with Gasteiger partial charge in [0.1, 0.15) is 6.61 Å². The van der Waals surface area contributed by atoms with E-state index in [-0.39, 0.29) is 5.91 Å². The predicted octanol–water partition coefficient (Wildman–Crippen LogP) is 6.83. The molecule has 0 unspecified atom stereocenters. The van der Waals surface area contributed by atoms with Gasteiger partial charge in [-0.25, -0.2) is 4.99 Å². The van der Waals surface area contributed by atoms with Gasteiger partial charge < -0.3 is 10.1 Å². The maximum absolute atomic E-state index is 12.4. The van der Waals surface area contributed by atoms with Gasteiger partial charge in [-0.15, -0.1) is 0 Å². The molecule has 0 bridgehead atoms.